The fraction of sp³-hybridized carbons (Fsp3) is 0.423. The SMILES string of the molecule is CNC(=O)C(O)(CCC=O)N1C(=O)c2cccc(OCc3ccc(CN4CCOCC4)cc3F)c2C1(O)O. The lowest BCUT2D eigenvalue weighted by Gasteiger charge is -2.40. The minimum absolute atomic E-state index is 0.158. The number of aldehydes is 1. The first kappa shape index (κ1) is 27.6. The number of carbonyl (C=O) groups is 3. The second kappa shape index (κ2) is 11.1. The quantitative estimate of drug-likeness (QED) is 0.249. The lowest BCUT2D eigenvalue weighted by Crippen LogP contribution is -2.64. The van der Waals surface area contributed by atoms with E-state index in [0.717, 1.165) is 18.7 Å². The van der Waals surface area contributed by atoms with E-state index in [-0.39, 0.29) is 34.8 Å². The predicted molar refractivity (Wildman–Crippen MR) is 130 cm³/mol. The second-order valence-corrected chi connectivity index (χ2v) is 9.16. The third-order valence-corrected chi connectivity index (χ3v) is 6.69. The second-order valence-electron chi connectivity index (χ2n) is 9.16. The molecule has 0 spiro atoms. The fourth-order valence-corrected chi connectivity index (χ4v) is 4.74. The zero-order valence-corrected chi connectivity index (χ0v) is 20.9. The number of amides is 2. The molecule has 204 valence electrons. The van der Waals surface area contributed by atoms with Crippen molar-refractivity contribution in [2.45, 2.75) is 37.6 Å². The van der Waals surface area contributed by atoms with E-state index in [1.807, 2.05) is 0 Å². The molecule has 2 aliphatic rings. The van der Waals surface area contributed by atoms with Crippen molar-refractivity contribution >= 4 is 18.1 Å². The van der Waals surface area contributed by atoms with Crippen LogP contribution < -0.4 is 10.1 Å². The number of fused-ring (bicyclic) bond motifs is 1. The molecule has 38 heavy (non-hydrogen) atoms. The maximum atomic E-state index is 14.9. The number of rotatable bonds is 10. The summed E-state index contributed by atoms with van der Waals surface area (Å²) < 4.78 is 25.9. The number of nitrogens with zero attached hydrogens (tertiary/aromatic N) is 2. The van der Waals surface area contributed by atoms with E-state index >= 15 is 0 Å². The highest BCUT2D eigenvalue weighted by Gasteiger charge is 2.60. The Labute approximate surface area is 218 Å². The van der Waals surface area contributed by atoms with E-state index in [9.17, 15) is 34.1 Å². The highest BCUT2D eigenvalue weighted by atomic mass is 19.1. The third-order valence-electron chi connectivity index (χ3n) is 6.69. The van der Waals surface area contributed by atoms with Crippen LogP contribution in [0, 0.1) is 5.82 Å². The molecule has 1 atom stereocenters. The lowest BCUT2D eigenvalue weighted by molar-refractivity contribution is -0.302. The van der Waals surface area contributed by atoms with Crippen LogP contribution >= 0.6 is 0 Å². The van der Waals surface area contributed by atoms with Crippen LogP contribution in [0.4, 0.5) is 4.39 Å². The van der Waals surface area contributed by atoms with E-state index in [2.05, 4.69) is 10.2 Å². The minimum Gasteiger partial charge on any atom is -0.488 e. The van der Waals surface area contributed by atoms with Gasteiger partial charge in [-0.3, -0.25) is 14.5 Å². The van der Waals surface area contributed by atoms with E-state index in [1.165, 1.54) is 31.3 Å². The summed E-state index contributed by atoms with van der Waals surface area (Å²) in [5.74, 6) is -6.02. The number of nitrogens with one attached hydrogen (secondary N) is 1. The van der Waals surface area contributed by atoms with E-state index in [1.54, 1.807) is 12.1 Å². The number of carbonyl (C=O) groups excluding carboxylic acids is 3. The zero-order chi connectivity index (χ0) is 27.5. The molecule has 0 bridgehead atoms. The molecule has 2 aliphatic heterocycles. The maximum Gasteiger partial charge on any atom is 0.284 e. The first-order valence-corrected chi connectivity index (χ1v) is 12.1. The van der Waals surface area contributed by atoms with Crippen molar-refractivity contribution in [2.24, 2.45) is 0 Å². The van der Waals surface area contributed by atoms with Gasteiger partial charge >= 0.3 is 0 Å². The summed E-state index contributed by atoms with van der Waals surface area (Å²) in [4.78, 5) is 39.0. The average molecular weight is 532 g/mol. The van der Waals surface area contributed by atoms with Crippen molar-refractivity contribution in [3.63, 3.8) is 0 Å². The summed E-state index contributed by atoms with van der Waals surface area (Å²) in [7, 11) is 1.19. The molecule has 4 rings (SSSR count). The number of likely N-dealkylation sites (N-methyl/N-ethyl adjacent to an activating group) is 1. The largest absolute Gasteiger partial charge is 0.488 e. The highest BCUT2D eigenvalue weighted by Crippen LogP contribution is 2.45. The molecule has 12 heteroatoms. The van der Waals surface area contributed by atoms with Crippen molar-refractivity contribution in [3.8, 4) is 5.75 Å². The molecular formula is C26H30FN3O8. The van der Waals surface area contributed by atoms with Crippen molar-refractivity contribution in [3.05, 3.63) is 64.5 Å². The maximum absolute atomic E-state index is 14.9. The Morgan fingerprint density at radius 3 is 2.66 bits per heavy atom. The van der Waals surface area contributed by atoms with Crippen LogP contribution in [-0.4, -0.2) is 82.3 Å². The number of morpholine rings is 1. The van der Waals surface area contributed by atoms with Gasteiger partial charge in [0, 0.05) is 45.1 Å². The monoisotopic (exact) mass is 531 g/mol. The fourth-order valence-electron chi connectivity index (χ4n) is 4.74. The molecule has 11 nitrogen and oxygen atoms in total. The molecule has 4 N–H and O–H groups in total. The van der Waals surface area contributed by atoms with Crippen LogP contribution in [0.25, 0.3) is 0 Å². The summed E-state index contributed by atoms with van der Waals surface area (Å²) in [6.07, 6.45) is -0.505. The molecule has 0 aliphatic carbocycles. The van der Waals surface area contributed by atoms with Gasteiger partial charge in [-0.05, 0) is 23.8 Å². The van der Waals surface area contributed by atoms with Gasteiger partial charge < -0.3 is 34.9 Å². The Bertz CT molecular complexity index is 1220. The minimum atomic E-state index is -3.17. The molecule has 2 aromatic rings. The van der Waals surface area contributed by atoms with Crippen LogP contribution in [0.3, 0.4) is 0 Å². The van der Waals surface area contributed by atoms with Gasteiger partial charge in [0.2, 0.25) is 5.72 Å². The van der Waals surface area contributed by atoms with Crippen LogP contribution in [0.15, 0.2) is 36.4 Å². The van der Waals surface area contributed by atoms with E-state index < -0.39 is 41.3 Å². The van der Waals surface area contributed by atoms with Gasteiger partial charge in [0.05, 0.1) is 24.3 Å². The van der Waals surface area contributed by atoms with Gasteiger partial charge in [-0.15, -0.1) is 0 Å². The van der Waals surface area contributed by atoms with Crippen molar-refractivity contribution in [1.29, 1.82) is 0 Å². The van der Waals surface area contributed by atoms with Gasteiger partial charge in [0.1, 0.15) is 24.5 Å². The normalized spacial score (nSPS) is 18.6. The Morgan fingerprint density at radius 1 is 1.26 bits per heavy atom. The molecule has 0 aromatic heterocycles. The number of halogens is 1. The number of hydrogen-bond acceptors (Lipinski definition) is 9. The van der Waals surface area contributed by atoms with Gasteiger partial charge in [-0.25, -0.2) is 9.29 Å². The lowest BCUT2D eigenvalue weighted by atomic mass is 10.0. The van der Waals surface area contributed by atoms with Crippen LogP contribution in [-0.2, 0) is 33.4 Å². The van der Waals surface area contributed by atoms with Gasteiger partial charge in [-0.2, -0.15) is 0 Å². The van der Waals surface area contributed by atoms with Crippen molar-refractivity contribution in [1.82, 2.24) is 15.1 Å². The van der Waals surface area contributed by atoms with Gasteiger partial charge in [-0.1, -0.05) is 18.2 Å². The smallest absolute Gasteiger partial charge is 0.284 e. The highest BCUT2D eigenvalue weighted by molar-refractivity contribution is 6.03. The standard InChI is InChI=1S/C26H30FN3O8/c1-28-24(33)25(34,8-3-11-31)30-23(32)19-4-2-5-21(22(19)26(30,35)36)38-16-18-7-6-17(14-20(18)27)15-29-9-12-37-13-10-29/h2,4-7,11,14,34-36H,3,8-10,12-13,15-16H2,1H3,(H,28,33). The zero-order valence-electron chi connectivity index (χ0n) is 20.9. The van der Waals surface area contributed by atoms with Crippen molar-refractivity contribution < 1.29 is 43.6 Å². The number of hydrogen-bond donors (Lipinski definition) is 4. The Kier molecular flexibility index (Phi) is 8.09. The third kappa shape index (κ3) is 5.13. The van der Waals surface area contributed by atoms with Crippen LogP contribution in [0.1, 0.15) is 39.9 Å². The summed E-state index contributed by atoms with van der Waals surface area (Å²) in [6.45, 7) is 3.05. The average Bonchev–Trinajstić information content (AvgIpc) is 3.12. The molecule has 0 radical (unpaired) electrons. The summed E-state index contributed by atoms with van der Waals surface area (Å²) in [6, 6.07) is 8.80. The number of benzene rings is 2. The van der Waals surface area contributed by atoms with E-state index in [0.29, 0.717) is 26.0 Å². The molecule has 2 aromatic carbocycles. The molecular weight excluding hydrogens is 501 g/mol. The number of aliphatic hydroxyl groups is 3. The van der Waals surface area contributed by atoms with E-state index in [4.69, 9.17) is 9.47 Å². The Hall–Kier alpha value is -3.42. The van der Waals surface area contributed by atoms with Crippen LogP contribution in [0.5, 0.6) is 5.75 Å². The number of ether oxygens (including phenoxy) is 2. The van der Waals surface area contributed by atoms with Gasteiger partial charge in [0.25, 0.3) is 17.7 Å². The predicted octanol–water partition coefficient (Wildman–Crippen LogP) is 0.201. The summed E-state index contributed by atoms with van der Waals surface area (Å²) in [5, 5.41) is 35.3. The summed E-state index contributed by atoms with van der Waals surface area (Å²) >= 11 is 0. The first-order chi connectivity index (χ1) is 18.1. The van der Waals surface area contributed by atoms with Crippen LogP contribution in [0.2, 0.25) is 0 Å². The molecule has 2 heterocycles. The Balaban J connectivity index is 1.57. The molecule has 1 fully saturated rings. The van der Waals surface area contributed by atoms with Gasteiger partial charge in [0.15, 0.2) is 0 Å². The molecule has 2 amide bonds. The first-order valence-electron chi connectivity index (χ1n) is 12.1. The van der Waals surface area contributed by atoms with Crippen molar-refractivity contribution in [2.75, 3.05) is 33.4 Å². The molecule has 1 saturated heterocycles. The molecule has 1 unspecified atom stereocenters. The topological polar surface area (TPSA) is 149 Å². The summed E-state index contributed by atoms with van der Waals surface area (Å²) in [5.41, 5.74) is -2.42. The molecule has 0 saturated carbocycles. The Morgan fingerprint density at radius 2 is 2.00 bits per heavy atom.